The van der Waals surface area contributed by atoms with Gasteiger partial charge >= 0.3 is 0 Å². The van der Waals surface area contributed by atoms with Gasteiger partial charge in [-0.15, -0.1) is 0 Å². The standard InChI is InChI=1S/C8H17BrN2Si/c9-12(10-5-1-2-6-10)11-7-3-4-8-11/h12H,1-8H2. The van der Waals surface area contributed by atoms with Gasteiger partial charge in [-0.25, -0.2) is 0 Å². The van der Waals surface area contributed by atoms with Crippen molar-refractivity contribution in [1.29, 1.82) is 0 Å². The molecule has 0 atom stereocenters. The summed E-state index contributed by atoms with van der Waals surface area (Å²) in [6, 6.07) is 0. The van der Waals surface area contributed by atoms with Gasteiger partial charge in [0.05, 0.1) is 0 Å². The Bertz CT molecular complexity index is 128. The first-order valence-electron chi connectivity index (χ1n) is 5.00. The highest BCUT2D eigenvalue weighted by Gasteiger charge is 2.28. The van der Waals surface area contributed by atoms with E-state index in [1.54, 1.807) is 0 Å². The van der Waals surface area contributed by atoms with Crippen LogP contribution in [0.5, 0.6) is 0 Å². The van der Waals surface area contributed by atoms with Crippen molar-refractivity contribution in [1.82, 2.24) is 9.13 Å². The zero-order valence-corrected chi connectivity index (χ0v) is 10.2. The summed E-state index contributed by atoms with van der Waals surface area (Å²) in [6.45, 7) is 5.38. The lowest BCUT2D eigenvalue weighted by Crippen LogP contribution is -2.46. The van der Waals surface area contributed by atoms with Gasteiger partial charge in [0.25, 0.3) is 7.74 Å². The second-order valence-electron chi connectivity index (χ2n) is 3.80. The first kappa shape index (κ1) is 9.18. The SMILES string of the molecule is Br[SiH](N1CCCC1)N1CCCC1. The molecule has 0 saturated carbocycles. The molecule has 0 aliphatic carbocycles. The van der Waals surface area contributed by atoms with Crippen LogP contribution in [0.3, 0.4) is 0 Å². The second kappa shape index (κ2) is 4.22. The highest BCUT2D eigenvalue weighted by atomic mass is 79.9. The maximum Gasteiger partial charge on any atom is 0.264 e. The van der Waals surface area contributed by atoms with E-state index < -0.39 is 7.74 Å². The summed E-state index contributed by atoms with van der Waals surface area (Å²) in [5.41, 5.74) is 0. The van der Waals surface area contributed by atoms with Crippen molar-refractivity contribution in [2.45, 2.75) is 25.7 Å². The first-order chi connectivity index (χ1) is 5.88. The smallest absolute Gasteiger partial charge is 0.264 e. The molecule has 0 spiro atoms. The summed E-state index contributed by atoms with van der Waals surface area (Å²) < 4.78 is 5.37. The number of hydrogen-bond donors (Lipinski definition) is 0. The highest BCUT2D eigenvalue weighted by Crippen LogP contribution is 2.19. The maximum atomic E-state index is 3.92. The fraction of sp³-hybridized carbons (Fsp3) is 1.00. The van der Waals surface area contributed by atoms with E-state index in [1.165, 1.54) is 51.9 Å². The molecule has 2 aliphatic heterocycles. The fourth-order valence-corrected chi connectivity index (χ4v) is 6.64. The van der Waals surface area contributed by atoms with Crippen LogP contribution < -0.4 is 0 Å². The summed E-state index contributed by atoms with van der Waals surface area (Å²) in [5, 5.41) is 0. The Morgan fingerprint density at radius 3 is 1.42 bits per heavy atom. The van der Waals surface area contributed by atoms with Crippen molar-refractivity contribution < 1.29 is 0 Å². The number of halogens is 1. The minimum Gasteiger partial charge on any atom is -0.306 e. The van der Waals surface area contributed by atoms with Crippen molar-refractivity contribution >= 4 is 23.0 Å². The van der Waals surface area contributed by atoms with Crippen LogP contribution in [-0.4, -0.2) is 43.0 Å². The van der Waals surface area contributed by atoms with Crippen LogP contribution in [0, 0.1) is 0 Å². The molecule has 0 bridgehead atoms. The zero-order valence-electron chi connectivity index (χ0n) is 7.51. The molecule has 0 radical (unpaired) electrons. The van der Waals surface area contributed by atoms with Crippen molar-refractivity contribution in [2.75, 3.05) is 26.2 Å². The van der Waals surface area contributed by atoms with E-state index in [2.05, 4.69) is 24.4 Å². The Hall–Kier alpha value is 0.617. The molecule has 2 saturated heterocycles. The molecule has 2 heterocycles. The minimum absolute atomic E-state index is 0.828. The highest BCUT2D eigenvalue weighted by molar-refractivity contribution is 9.24. The molecule has 0 N–H and O–H groups in total. The Kier molecular flexibility index (Phi) is 3.23. The van der Waals surface area contributed by atoms with E-state index in [0.717, 1.165) is 0 Å². The monoisotopic (exact) mass is 248 g/mol. The molecular formula is C8H17BrN2Si. The van der Waals surface area contributed by atoms with Gasteiger partial charge in [0.15, 0.2) is 0 Å². The normalized spacial score (nSPS) is 27.5. The molecule has 0 aromatic heterocycles. The van der Waals surface area contributed by atoms with E-state index in [1.807, 2.05) is 0 Å². The second-order valence-corrected chi connectivity index (χ2v) is 8.34. The molecule has 12 heavy (non-hydrogen) atoms. The van der Waals surface area contributed by atoms with E-state index in [4.69, 9.17) is 0 Å². The average Bonchev–Trinajstić information content (AvgIpc) is 2.77. The molecular weight excluding hydrogens is 232 g/mol. The molecule has 70 valence electrons. The molecule has 0 aromatic rings. The van der Waals surface area contributed by atoms with Crippen LogP contribution in [0.1, 0.15) is 25.7 Å². The predicted molar refractivity (Wildman–Crippen MR) is 57.7 cm³/mol. The van der Waals surface area contributed by atoms with Gasteiger partial charge in [0.1, 0.15) is 0 Å². The largest absolute Gasteiger partial charge is 0.306 e. The summed E-state index contributed by atoms with van der Waals surface area (Å²) in [5.74, 6) is 0. The minimum atomic E-state index is -0.828. The third-order valence-corrected chi connectivity index (χ3v) is 8.60. The average molecular weight is 249 g/mol. The van der Waals surface area contributed by atoms with Crippen LogP contribution in [0.2, 0.25) is 0 Å². The van der Waals surface area contributed by atoms with Crippen molar-refractivity contribution in [3.63, 3.8) is 0 Å². The summed E-state index contributed by atoms with van der Waals surface area (Å²) in [4.78, 5) is 0. The van der Waals surface area contributed by atoms with Gasteiger partial charge in [-0.3, -0.25) is 0 Å². The maximum absolute atomic E-state index is 3.92. The van der Waals surface area contributed by atoms with E-state index in [0.29, 0.717) is 0 Å². The van der Waals surface area contributed by atoms with Crippen molar-refractivity contribution in [3.8, 4) is 0 Å². The van der Waals surface area contributed by atoms with Gasteiger partial charge in [-0.2, -0.15) is 0 Å². The number of rotatable bonds is 2. The first-order valence-corrected chi connectivity index (χ1v) is 9.22. The summed E-state index contributed by atoms with van der Waals surface area (Å²) in [7, 11) is -0.828. The molecule has 2 rings (SSSR count). The van der Waals surface area contributed by atoms with Crippen LogP contribution >= 0.6 is 15.3 Å². The quantitative estimate of drug-likeness (QED) is 0.537. The third-order valence-electron chi connectivity index (χ3n) is 2.88. The van der Waals surface area contributed by atoms with Gasteiger partial charge in [0.2, 0.25) is 0 Å². The van der Waals surface area contributed by atoms with Crippen molar-refractivity contribution in [2.24, 2.45) is 0 Å². The zero-order chi connectivity index (χ0) is 8.39. The van der Waals surface area contributed by atoms with E-state index >= 15 is 0 Å². The molecule has 2 nitrogen and oxygen atoms in total. The molecule has 2 fully saturated rings. The molecule has 2 aliphatic rings. The molecule has 0 unspecified atom stereocenters. The lowest BCUT2D eigenvalue weighted by atomic mass is 10.4. The number of nitrogens with zero attached hydrogens (tertiary/aromatic N) is 2. The van der Waals surface area contributed by atoms with Gasteiger partial charge in [-0.05, 0) is 51.9 Å². The summed E-state index contributed by atoms with van der Waals surface area (Å²) >= 11 is 3.92. The Morgan fingerprint density at radius 1 is 0.750 bits per heavy atom. The van der Waals surface area contributed by atoms with Crippen LogP contribution in [0.15, 0.2) is 0 Å². The lowest BCUT2D eigenvalue weighted by Gasteiger charge is -2.28. The molecule has 0 aromatic carbocycles. The third kappa shape index (κ3) is 1.92. The Balaban J connectivity index is 1.84. The van der Waals surface area contributed by atoms with E-state index in [9.17, 15) is 0 Å². The summed E-state index contributed by atoms with van der Waals surface area (Å²) in [6.07, 6.45) is 5.68. The fourth-order valence-electron chi connectivity index (χ4n) is 2.14. The van der Waals surface area contributed by atoms with Gasteiger partial charge < -0.3 is 9.13 Å². The lowest BCUT2D eigenvalue weighted by molar-refractivity contribution is 0.445. The van der Waals surface area contributed by atoms with Crippen LogP contribution in [-0.2, 0) is 0 Å². The predicted octanol–water partition coefficient (Wildman–Crippen LogP) is 1.29. The molecule has 4 heteroatoms. The van der Waals surface area contributed by atoms with Gasteiger partial charge in [0, 0.05) is 0 Å². The van der Waals surface area contributed by atoms with Crippen LogP contribution in [0.4, 0.5) is 0 Å². The Morgan fingerprint density at radius 2 is 1.08 bits per heavy atom. The van der Waals surface area contributed by atoms with E-state index in [-0.39, 0.29) is 0 Å². The van der Waals surface area contributed by atoms with Crippen molar-refractivity contribution in [3.05, 3.63) is 0 Å². The topological polar surface area (TPSA) is 6.48 Å². The molecule has 0 amide bonds. The van der Waals surface area contributed by atoms with Gasteiger partial charge in [-0.1, -0.05) is 15.3 Å². The van der Waals surface area contributed by atoms with Crippen LogP contribution in [0.25, 0.3) is 0 Å². The Labute approximate surface area is 84.3 Å². The number of hydrogen-bond acceptors (Lipinski definition) is 2.